The maximum absolute atomic E-state index is 11.6. The number of hydrogen-bond acceptors (Lipinski definition) is 5. The molecule has 21 heavy (non-hydrogen) atoms. The fourth-order valence-electron chi connectivity index (χ4n) is 1.58. The molecule has 0 saturated carbocycles. The number of carbonyl (C=O) groups excluding carboxylic acids is 3. The van der Waals surface area contributed by atoms with Gasteiger partial charge in [-0.05, 0) is 25.5 Å². The van der Waals surface area contributed by atoms with Crippen LogP contribution in [0.1, 0.15) is 11.1 Å². The lowest BCUT2D eigenvalue weighted by Crippen LogP contribution is -2.37. The molecule has 7 heteroatoms. The molecule has 0 aliphatic rings. The molecule has 0 aliphatic carbocycles. The van der Waals surface area contributed by atoms with Crippen molar-refractivity contribution in [2.24, 2.45) is 0 Å². The van der Waals surface area contributed by atoms with Crippen molar-refractivity contribution >= 4 is 23.6 Å². The average molecular weight is 294 g/mol. The number of nitrogens with one attached hydrogen (secondary N) is 2. The first-order valence-electron chi connectivity index (χ1n) is 6.25. The molecule has 3 amide bonds. The van der Waals surface area contributed by atoms with E-state index in [4.69, 9.17) is 0 Å². The van der Waals surface area contributed by atoms with E-state index in [-0.39, 0.29) is 6.61 Å². The van der Waals surface area contributed by atoms with E-state index in [9.17, 15) is 14.4 Å². The van der Waals surface area contributed by atoms with Crippen LogP contribution in [0.25, 0.3) is 0 Å². The summed E-state index contributed by atoms with van der Waals surface area (Å²) >= 11 is 0. The molecular weight excluding hydrogens is 276 g/mol. The third-order valence-electron chi connectivity index (χ3n) is 2.51. The van der Waals surface area contributed by atoms with Crippen molar-refractivity contribution in [1.82, 2.24) is 5.32 Å². The maximum Gasteiger partial charge on any atom is 0.332 e. The lowest BCUT2D eigenvalue weighted by molar-refractivity contribution is -0.151. The van der Waals surface area contributed by atoms with Crippen LogP contribution in [0.3, 0.4) is 0 Å². The van der Waals surface area contributed by atoms with E-state index in [1.807, 2.05) is 26.0 Å². The molecule has 1 aromatic rings. The van der Waals surface area contributed by atoms with Crippen LogP contribution in [0.2, 0.25) is 0 Å². The van der Waals surface area contributed by atoms with Crippen molar-refractivity contribution in [2.45, 2.75) is 13.8 Å². The Labute approximate surface area is 122 Å². The van der Waals surface area contributed by atoms with Gasteiger partial charge in [0.1, 0.15) is 6.61 Å². The first-order valence-corrected chi connectivity index (χ1v) is 6.25. The summed E-state index contributed by atoms with van der Waals surface area (Å²) in [5.74, 6) is -1.40. The van der Waals surface area contributed by atoms with Crippen molar-refractivity contribution in [3.8, 4) is 0 Å². The molecule has 0 atom stereocenters. The Kier molecular flexibility index (Phi) is 6.35. The van der Waals surface area contributed by atoms with Crippen LogP contribution >= 0.6 is 0 Å². The van der Waals surface area contributed by atoms with Gasteiger partial charge in [-0.2, -0.15) is 0 Å². The number of methoxy groups -OCH3 is 1. The Balaban J connectivity index is 2.42. The summed E-state index contributed by atoms with van der Waals surface area (Å²) in [6, 6.07) is 4.81. The van der Waals surface area contributed by atoms with Crippen molar-refractivity contribution in [3.63, 3.8) is 0 Å². The summed E-state index contributed by atoms with van der Waals surface area (Å²) in [5, 5.41) is 4.61. The second-order valence-electron chi connectivity index (χ2n) is 4.41. The minimum Gasteiger partial charge on any atom is -0.454 e. The SMILES string of the molecule is COCC(=O)OCC(=O)NC(=O)Nc1ccc(C)cc1C. The smallest absolute Gasteiger partial charge is 0.332 e. The van der Waals surface area contributed by atoms with Crippen molar-refractivity contribution in [3.05, 3.63) is 29.3 Å². The van der Waals surface area contributed by atoms with Crippen molar-refractivity contribution in [2.75, 3.05) is 25.6 Å². The lowest BCUT2D eigenvalue weighted by Gasteiger charge is -2.10. The number of imide groups is 1. The van der Waals surface area contributed by atoms with E-state index < -0.39 is 24.5 Å². The van der Waals surface area contributed by atoms with Gasteiger partial charge in [0.2, 0.25) is 0 Å². The van der Waals surface area contributed by atoms with Gasteiger partial charge >= 0.3 is 12.0 Å². The number of anilines is 1. The number of benzene rings is 1. The van der Waals surface area contributed by atoms with Gasteiger partial charge in [-0.1, -0.05) is 17.7 Å². The summed E-state index contributed by atoms with van der Waals surface area (Å²) in [7, 11) is 1.33. The van der Waals surface area contributed by atoms with Crippen LogP contribution in [-0.2, 0) is 19.1 Å². The quantitative estimate of drug-likeness (QED) is 0.794. The van der Waals surface area contributed by atoms with Gasteiger partial charge in [0, 0.05) is 12.8 Å². The van der Waals surface area contributed by atoms with Gasteiger partial charge in [-0.25, -0.2) is 9.59 Å². The predicted octanol–water partition coefficient (Wildman–Crippen LogP) is 1.14. The van der Waals surface area contributed by atoms with Crippen LogP contribution in [0.15, 0.2) is 18.2 Å². The number of urea groups is 1. The highest BCUT2D eigenvalue weighted by Gasteiger charge is 2.11. The first-order chi connectivity index (χ1) is 9.92. The van der Waals surface area contributed by atoms with Crippen LogP contribution in [0, 0.1) is 13.8 Å². The summed E-state index contributed by atoms with van der Waals surface area (Å²) in [4.78, 5) is 34.0. The third-order valence-corrected chi connectivity index (χ3v) is 2.51. The summed E-state index contributed by atoms with van der Waals surface area (Å²) in [6.07, 6.45) is 0. The molecule has 7 nitrogen and oxygen atoms in total. The molecule has 1 rings (SSSR count). The Morgan fingerprint density at radius 3 is 2.48 bits per heavy atom. The second-order valence-corrected chi connectivity index (χ2v) is 4.41. The summed E-state index contributed by atoms with van der Waals surface area (Å²) in [5.41, 5.74) is 2.55. The fourth-order valence-corrected chi connectivity index (χ4v) is 1.58. The molecular formula is C14H18N2O5. The molecule has 0 saturated heterocycles. The van der Waals surface area contributed by atoms with Crippen LogP contribution < -0.4 is 10.6 Å². The van der Waals surface area contributed by atoms with Crippen molar-refractivity contribution in [1.29, 1.82) is 0 Å². The average Bonchev–Trinajstić information content (AvgIpc) is 2.40. The number of hydrogen-bond donors (Lipinski definition) is 2. The number of carbonyl (C=O) groups is 3. The van der Waals surface area contributed by atoms with E-state index >= 15 is 0 Å². The zero-order valence-electron chi connectivity index (χ0n) is 12.2. The molecule has 0 aromatic heterocycles. The summed E-state index contributed by atoms with van der Waals surface area (Å²) < 4.78 is 9.11. The molecule has 1 aromatic carbocycles. The zero-order valence-corrected chi connectivity index (χ0v) is 12.2. The Morgan fingerprint density at radius 2 is 1.86 bits per heavy atom. The van der Waals surface area contributed by atoms with Gasteiger partial charge in [0.25, 0.3) is 5.91 Å². The van der Waals surface area contributed by atoms with Gasteiger partial charge in [0.05, 0.1) is 0 Å². The van der Waals surface area contributed by atoms with Crippen LogP contribution in [0.5, 0.6) is 0 Å². The molecule has 2 N–H and O–H groups in total. The number of amides is 3. The molecule has 0 radical (unpaired) electrons. The molecule has 114 valence electrons. The highest BCUT2D eigenvalue weighted by molar-refractivity contribution is 6.02. The number of aryl methyl sites for hydroxylation is 2. The monoisotopic (exact) mass is 294 g/mol. The van der Waals surface area contributed by atoms with E-state index in [0.717, 1.165) is 11.1 Å². The topological polar surface area (TPSA) is 93.7 Å². The molecule has 0 spiro atoms. The normalized spacial score (nSPS) is 9.86. The van der Waals surface area contributed by atoms with Gasteiger partial charge < -0.3 is 14.8 Å². The van der Waals surface area contributed by atoms with E-state index in [1.54, 1.807) is 6.07 Å². The number of esters is 1. The lowest BCUT2D eigenvalue weighted by atomic mass is 10.1. The molecule has 0 fully saturated rings. The molecule has 0 unspecified atom stereocenters. The molecule has 0 bridgehead atoms. The van der Waals surface area contributed by atoms with Gasteiger partial charge in [-0.15, -0.1) is 0 Å². The van der Waals surface area contributed by atoms with Gasteiger partial charge in [0.15, 0.2) is 6.61 Å². The fraction of sp³-hybridized carbons (Fsp3) is 0.357. The van der Waals surface area contributed by atoms with E-state index in [0.29, 0.717) is 5.69 Å². The minimum atomic E-state index is -0.721. The highest BCUT2D eigenvalue weighted by Crippen LogP contribution is 2.15. The first kappa shape index (κ1) is 16.6. The summed E-state index contributed by atoms with van der Waals surface area (Å²) in [6.45, 7) is 3.00. The maximum atomic E-state index is 11.6. The third kappa shape index (κ3) is 6.05. The highest BCUT2D eigenvalue weighted by atomic mass is 16.6. The molecule has 0 aliphatic heterocycles. The Bertz CT molecular complexity index is 542. The van der Waals surface area contributed by atoms with Gasteiger partial charge in [-0.3, -0.25) is 10.1 Å². The van der Waals surface area contributed by atoms with Crippen LogP contribution in [-0.4, -0.2) is 38.2 Å². The predicted molar refractivity (Wildman–Crippen MR) is 75.9 cm³/mol. The van der Waals surface area contributed by atoms with E-state index in [2.05, 4.69) is 20.1 Å². The Hall–Kier alpha value is -2.41. The minimum absolute atomic E-state index is 0.248. The zero-order chi connectivity index (χ0) is 15.8. The van der Waals surface area contributed by atoms with Crippen LogP contribution in [0.4, 0.5) is 10.5 Å². The Morgan fingerprint density at radius 1 is 1.14 bits per heavy atom. The number of ether oxygens (including phenoxy) is 2. The largest absolute Gasteiger partial charge is 0.454 e. The second kappa shape index (κ2) is 8.01. The van der Waals surface area contributed by atoms with E-state index in [1.165, 1.54) is 7.11 Å². The standard InChI is InChI=1S/C14H18N2O5/c1-9-4-5-11(10(2)6-9)15-14(19)16-12(17)7-21-13(18)8-20-3/h4-6H,7-8H2,1-3H3,(H2,15,16,17,19). The molecule has 0 heterocycles. The number of rotatable bonds is 5. The van der Waals surface area contributed by atoms with Crippen molar-refractivity contribution < 1.29 is 23.9 Å².